The molecule has 0 bridgehead atoms. The van der Waals surface area contributed by atoms with Gasteiger partial charge in [0.15, 0.2) is 5.82 Å². The van der Waals surface area contributed by atoms with Crippen molar-refractivity contribution in [2.24, 2.45) is 5.73 Å². The zero-order valence-electron chi connectivity index (χ0n) is 18.4. The summed E-state index contributed by atoms with van der Waals surface area (Å²) >= 11 is 6.28. The Kier molecular flexibility index (Phi) is 8.89. The van der Waals surface area contributed by atoms with Crippen LogP contribution >= 0.6 is 24.0 Å². The minimum absolute atomic E-state index is 0. The summed E-state index contributed by atoms with van der Waals surface area (Å²) in [5.41, 5.74) is 8.26. The van der Waals surface area contributed by atoms with Crippen LogP contribution in [-0.4, -0.2) is 65.2 Å². The van der Waals surface area contributed by atoms with Crippen molar-refractivity contribution in [2.75, 3.05) is 54.9 Å². The third kappa shape index (κ3) is 6.27. The molecule has 2 aromatic carbocycles. The number of primary amides is 1. The number of nitrogens with zero attached hydrogens (tertiary/aromatic N) is 4. The fourth-order valence-electron chi connectivity index (χ4n) is 3.73. The van der Waals surface area contributed by atoms with Gasteiger partial charge in [0.2, 0.25) is 5.95 Å². The summed E-state index contributed by atoms with van der Waals surface area (Å²) in [5.74, 6) is 0.179. The molecule has 180 valence electrons. The first-order valence-corrected chi connectivity index (χ1v) is 11.0. The third-order valence-electron chi connectivity index (χ3n) is 5.45. The van der Waals surface area contributed by atoms with Crippen LogP contribution in [0.4, 0.5) is 28.8 Å². The van der Waals surface area contributed by atoms with E-state index in [1.807, 2.05) is 12.1 Å². The number of rotatable bonds is 8. The second-order valence-electron chi connectivity index (χ2n) is 7.65. The molecule has 11 heteroatoms. The number of aromatic nitrogens is 2. The summed E-state index contributed by atoms with van der Waals surface area (Å²) < 4.78 is 0. The fraction of sp³-hybridized carbons (Fsp3) is 0.261. The molecule has 1 aliphatic rings. The van der Waals surface area contributed by atoms with E-state index < -0.39 is 5.91 Å². The number of hydrogen-bond donors (Lipinski definition) is 4. The van der Waals surface area contributed by atoms with Gasteiger partial charge in [-0.25, -0.2) is 4.98 Å². The van der Waals surface area contributed by atoms with E-state index in [1.54, 1.807) is 24.3 Å². The molecule has 1 aromatic heterocycles. The monoisotopic (exact) mass is 503 g/mol. The lowest BCUT2D eigenvalue weighted by Crippen LogP contribution is -2.47. The molecule has 3 aromatic rings. The van der Waals surface area contributed by atoms with Crippen molar-refractivity contribution >= 4 is 58.7 Å². The molecule has 0 radical (unpaired) electrons. The molecule has 1 amide bonds. The van der Waals surface area contributed by atoms with Crippen molar-refractivity contribution in [1.29, 1.82) is 0 Å². The standard InChI is InChI=1S/C23H26ClN7O2.ClH/c24-19-15-26-23(29-22(19)28-20-7-2-1-6-18(20)21(25)33)27-16-4-3-5-17(14-16)31-10-8-30(9-11-31)12-13-32;/h1-7,14-15,32H,8-13H2,(H2,25,33)(H2,26,27,28,29);1H. The number of nitrogens with one attached hydrogen (secondary N) is 2. The number of carbonyl (C=O) groups is 1. The molecule has 0 saturated carbocycles. The SMILES string of the molecule is Cl.NC(=O)c1ccccc1Nc1nc(Nc2cccc(N3CCN(CCO)CC3)c2)ncc1Cl. The number of hydrogen-bond acceptors (Lipinski definition) is 8. The van der Waals surface area contributed by atoms with Crippen LogP contribution in [0.3, 0.4) is 0 Å². The Balaban J connectivity index is 0.00000324. The van der Waals surface area contributed by atoms with Gasteiger partial charge in [-0.05, 0) is 30.3 Å². The van der Waals surface area contributed by atoms with Crippen LogP contribution < -0.4 is 21.3 Å². The van der Waals surface area contributed by atoms with Crippen LogP contribution in [0, 0.1) is 0 Å². The Labute approximate surface area is 209 Å². The summed E-state index contributed by atoms with van der Waals surface area (Å²) in [6.45, 7) is 4.53. The predicted molar refractivity (Wildman–Crippen MR) is 138 cm³/mol. The van der Waals surface area contributed by atoms with Gasteiger partial charge in [-0.1, -0.05) is 29.8 Å². The second-order valence-corrected chi connectivity index (χ2v) is 8.06. The van der Waals surface area contributed by atoms with Gasteiger partial charge in [0.25, 0.3) is 5.91 Å². The molecular formula is C23H27Cl2N7O2. The number of aliphatic hydroxyl groups is 1. The highest BCUT2D eigenvalue weighted by Crippen LogP contribution is 2.28. The number of nitrogens with two attached hydrogens (primary N) is 1. The minimum Gasteiger partial charge on any atom is -0.395 e. The predicted octanol–water partition coefficient (Wildman–Crippen LogP) is 3.25. The van der Waals surface area contributed by atoms with Gasteiger partial charge in [-0.3, -0.25) is 9.69 Å². The Bertz CT molecular complexity index is 1120. The summed E-state index contributed by atoms with van der Waals surface area (Å²) in [7, 11) is 0. The first-order valence-electron chi connectivity index (χ1n) is 10.7. The number of halogens is 2. The van der Waals surface area contributed by atoms with Gasteiger partial charge in [-0.2, -0.15) is 4.98 Å². The van der Waals surface area contributed by atoms with Gasteiger partial charge >= 0.3 is 0 Å². The fourth-order valence-corrected chi connectivity index (χ4v) is 3.87. The number of amides is 1. The lowest BCUT2D eigenvalue weighted by atomic mass is 10.1. The van der Waals surface area contributed by atoms with Gasteiger partial charge < -0.3 is 26.4 Å². The average Bonchev–Trinajstić information content (AvgIpc) is 2.82. The Hall–Kier alpha value is -3.11. The molecule has 1 fully saturated rings. The van der Waals surface area contributed by atoms with Crippen molar-refractivity contribution in [2.45, 2.75) is 0 Å². The maximum atomic E-state index is 11.7. The van der Waals surface area contributed by atoms with Crippen LogP contribution in [0.1, 0.15) is 10.4 Å². The Morgan fingerprint density at radius 3 is 2.59 bits per heavy atom. The molecule has 2 heterocycles. The van der Waals surface area contributed by atoms with E-state index >= 15 is 0 Å². The molecule has 0 atom stereocenters. The molecule has 9 nitrogen and oxygen atoms in total. The van der Waals surface area contributed by atoms with Gasteiger partial charge in [-0.15, -0.1) is 12.4 Å². The van der Waals surface area contributed by atoms with E-state index in [9.17, 15) is 4.79 Å². The van der Waals surface area contributed by atoms with Crippen LogP contribution in [0.25, 0.3) is 0 Å². The smallest absolute Gasteiger partial charge is 0.250 e. The maximum Gasteiger partial charge on any atom is 0.250 e. The zero-order chi connectivity index (χ0) is 23.2. The Morgan fingerprint density at radius 1 is 1.09 bits per heavy atom. The van der Waals surface area contributed by atoms with E-state index in [2.05, 4.69) is 42.5 Å². The van der Waals surface area contributed by atoms with E-state index in [4.69, 9.17) is 22.4 Å². The molecular weight excluding hydrogens is 477 g/mol. The minimum atomic E-state index is -0.546. The normalized spacial score (nSPS) is 13.8. The number of β-amino-alcohol motifs (C(OH)–C–C–N with tert-alkyl or cyclic N) is 1. The summed E-state index contributed by atoms with van der Waals surface area (Å²) in [5, 5.41) is 15.7. The van der Waals surface area contributed by atoms with Crippen molar-refractivity contribution in [3.8, 4) is 0 Å². The average molecular weight is 504 g/mol. The molecule has 34 heavy (non-hydrogen) atoms. The highest BCUT2D eigenvalue weighted by atomic mass is 35.5. The molecule has 0 aliphatic carbocycles. The van der Waals surface area contributed by atoms with Crippen molar-refractivity contribution in [1.82, 2.24) is 14.9 Å². The first kappa shape index (κ1) is 25.5. The molecule has 1 saturated heterocycles. The van der Waals surface area contributed by atoms with Crippen LogP contribution in [0.5, 0.6) is 0 Å². The van der Waals surface area contributed by atoms with Crippen LogP contribution in [0.15, 0.2) is 54.7 Å². The van der Waals surface area contributed by atoms with Crippen molar-refractivity contribution in [3.63, 3.8) is 0 Å². The maximum absolute atomic E-state index is 11.7. The van der Waals surface area contributed by atoms with E-state index in [0.29, 0.717) is 34.6 Å². The largest absolute Gasteiger partial charge is 0.395 e. The third-order valence-corrected chi connectivity index (χ3v) is 5.72. The second kappa shape index (κ2) is 11.8. The van der Waals surface area contributed by atoms with Crippen LogP contribution in [-0.2, 0) is 0 Å². The molecule has 0 unspecified atom stereocenters. The Morgan fingerprint density at radius 2 is 1.85 bits per heavy atom. The van der Waals surface area contributed by atoms with Gasteiger partial charge in [0.05, 0.1) is 24.1 Å². The quantitative estimate of drug-likeness (QED) is 0.369. The summed E-state index contributed by atoms with van der Waals surface area (Å²) in [6, 6.07) is 14.9. The lowest BCUT2D eigenvalue weighted by Gasteiger charge is -2.35. The topological polar surface area (TPSA) is 120 Å². The van der Waals surface area contributed by atoms with E-state index in [-0.39, 0.29) is 19.0 Å². The zero-order valence-corrected chi connectivity index (χ0v) is 20.0. The molecule has 4 rings (SSSR count). The van der Waals surface area contributed by atoms with Gasteiger partial charge in [0.1, 0.15) is 5.02 Å². The summed E-state index contributed by atoms with van der Waals surface area (Å²) in [6.07, 6.45) is 1.50. The van der Waals surface area contributed by atoms with Gasteiger partial charge in [0, 0.05) is 44.1 Å². The van der Waals surface area contributed by atoms with Crippen molar-refractivity contribution < 1.29 is 9.90 Å². The number of para-hydroxylation sites is 1. The number of anilines is 5. The number of aliphatic hydroxyl groups excluding tert-OH is 1. The number of carbonyl (C=O) groups excluding carboxylic acids is 1. The lowest BCUT2D eigenvalue weighted by molar-refractivity contribution is 0.100. The van der Waals surface area contributed by atoms with E-state index in [1.165, 1.54) is 6.20 Å². The summed E-state index contributed by atoms with van der Waals surface area (Å²) in [4.78, 5) is 25.0. The van der Waals surface area contributed by atoms with E-state index in [0.717, 1.165) is 37.6 Å². The highest BCUT2D eigenvalue weighted by molar-refractivity contribution is 6.33. The highest BCUT2D eigenvalue weighted by Gasteiger charge is 2.17. The van der Waals surface area contributed by atoms with Crippen LogP contribution in [0.2, 0.25) is 5.02 Å². The first-order chi connectivity index (χ1) is 16.0. The molecule has 1 aliphatic heterocycles. The molecule has 0 spiro atoms. The number of piperazine rings is 1. The molecule has 5 N–H and O–H groups in total. The number of benzene rings is 2. The van der Waals surface area contributed by atoms with Crippen molar-refractivity contribution in [3.05, 3.63) is 65.3 Å².